The molecule has 0 bridgehead atoms. The lowest BCUT2D eigenvalue weighted by Gasteiger charge is -2.05. The van der Waals surface area contributed by atoms with Crippen LogP contribution in [0, 0.1) is 27.6 Å². The molecule has 0 saturated carbocycles. The van der Waals surface area contributed by atoms with Gasteiger partial charge in [0.1, 0.15) is 11.6 Å². The molecule has 0 fully saturated rings. The largest absolute Gasteiger partial charge is 0.305 e. The Kier molecular flexibility index (Phi) is 4.02. The Bertz CT molecular complexity index is 731. The van der Waals surface area contributed by atoms with E-state index in [0.717, 1.165) is 6.07 Å². The van der Waals surface area contributed by atoms with Gasteiger partial charge in [0.25, 0.3) is 0 Å². The van der Waals surface area contributed by atoms with Gasteiger partial charge in [0.2, 0.25) is 5.82 Å². The fraction of sp³-hybridized carbons (Fsp3) is 0.0714. The zero-order valence-corrected chi connectivity index (χ0v) is 10.5. The average Bonchev–Trinajstić information content (AvgIpc) is 2.41. The monoisotopic (exact) mass is 295 g/mol. The number of halogens is 3. The number of hydrogen-bond acceptors (Lipinski definition) is 3. The second-order valence-corrected chi connectivity index (χ2v) is 4.20. The third kappa shape index (κ3) is 2.91. The van der Waals surface area contributed by atoms with Gasteiger partial charge in [0.05, 0.1) is 10.5 Å². The van der Waals surface area contributed by atoms with Crippen molar-refractivity contribution in [3.05, 3.63) is 75.1 Å². The molecule has 7 heteroatoms. The molecule has 0 amide bonds. The number of rotatable bonds is 4. The number of Topliss-reactive ketones (excluding diaryl/α,β-unsaturated/α-hetero) is 1. The van der Waals surface area contributed by atoms with E-state index in [2.05, 4.69) is 0 Å². The molecule has 0 radical (unpaired) electrons. The zero-order chi connectivity index (χ0) is 15.6. The van der Waals surface area contributed by atoms with Crippen LogP contribution in [0.4, 0.5) is 18.9 Å². The molecule has 4 nitrogen and oxygen atoms in total. The average molecular weight is 295 g/mol. The Morgan fingerprint density at radius 1 is 1.05 bits per heavy atom. The van der Waals surface area contributed by atoms with Gasteiger partial charge in [-0.2, -0.15) is 4.39 Å². The van der Waals surface area contributed by atoms with Crippen LogP contribution in [0.15, 0.2) is 36.4 Å². The topological polar surface area (TPSA) is 60.2 Å². The Morgan fingerprint density at radius 2 is 1.71 bits per heavy atom. The molecule has 2 aromatic carbocycles. The van der Waals surface area contributed by atoms with Crippen molar-refractivity contribution in [1.29, 1.82) is 0 Å². The second kappa shape index (κ2) is 5.74. The highest BCUT2D eigenvalue weighted by molar-refractivity contribution is 5.98. The van der Waals surface area contributed by atoms with Crippen molar-refractivity contribution in [2.45, 2.75) is 6.42 Å². The van der Waals surface area contributed by atoms with Gasteiger partial charge < -0.3 is 0 Å². The maximum Gasteiger partial charge on any atom is 0.305 e. The molecule has 0 aliphatic heterocycles. The number of hydrogen-bond donors (Lipinski definition) is 0. The number of ketones is 1. The first kappa shape index (κ1) is 14.7. The molecule has 0 aromatic heterocycles. The molecule has 2 rings (SSSR count). The van der Waals surface area contributed by atoms with E-state index >= 15 is 0 Å². The van der Waals surface area contributed by atoms with Gasteiger partial charge in [-0.05, 0) is 17.7 Å². The van der Waals surface area contributed by atoms with Crippen molar-refractivity contribution in [2.24, 2.45) is 0 Å². The number of benzene rings is 2. The fourth-order valence-corrected chi connectivity index (χ4v) is 1.84. The van der Waals surface area contributed by atoms with E-state index in [1.807, 2.05) is 0 Å². The summed E-state index contributed by atoms with van der Waals surface area (Å²) in [6, 6.07) is 6.52. The molecule has 108 valence electrons. The summed E-state index contributed by atoms with van der Waals surface area (Å²) in [5.74, 6) is -4.54. The number of carbonyl (C=O) groups excluding carboxylic acids is 1. The second-order valence-electron chi connectivity index (χ2n) is 4.20. The Hall–Kier alpha value is -2.70. The highest BCUT2D eigenvalue weighted by atomic mass is 19.1. The third-order valence-corrected chi connectivity index (χ3v) is 2.86. The highest BCUT2D eigenvalue weighted by Gasteiger charge is 2.26. The van der Waals surface area contributed by atoms with Crippen LogP contribution < -0.4 is 0 Å². The summed E-state index contributed by atoms with van der Waals surface area (Å²) in [5.41, 5.74) is -2.09. The summed E-state index contributed by atoms with van der Waals surface area (Å²) < 4.78 is 40.8. The van der Waals surface area contributed by atoms with Gasteiger partial charge in [0.15, 0.2) is 5.78 Å². The lowest BCUT2D eigenvalue weighted by Crippen LogP contribution is -2.11. The molecule has 2 aromatic rings. The molecule has 0 atom stereocenters. The van der Waals surface area contributed by atoms with E-state index in [4.69, 9.17) is 0 Å². The summed E-state index contributed by atoms with van der Waals surface area (Å²) in [6.07, 6.45) is -0.596. The molecule has 0 saturated heterocycles. The number of nitro groups is 1. The predicted molar refractivity (Wildman–Crippen MR) is 67.4 cm³/mol. The van der Waals surface area contributed by atoms with E-state index in [1.165, 1.54) is 18.2 Å². The maximum atomic E-state index is 13.8. The van der Waals surface area contributed by atoms with Crippen molar-refractivity contribution < 1.29 is 22.9 Å². The summed E-state index contributed by atoms with van der Waals surface area (Å²) in [5, 5.41) is 10.6. The molecular weight excluding hydrogens is 287 g/mol. The summed E-state index contributed by atoms with van der Waals surface area (Å²) in [7, 11) is 0. The normalized spacial score (nSPS) is 10.4. The standard InChI is InChI=1S/C14H8F3NO3/c15-9-4-2-1-3-8(9)7-12(19)13-10(16)5-6-11(14(13)17)18(20)21/h1-6H,7H2. The van der Waals surface area contributed by atoms with Crippen LogP contribution >= 0.6 is 0 Å². The summed E-state index contributed by atoms with van der Waals surface area (Å²) in [4.78, 5) is 21.4. The molecule has 21 heavy (non-hydrogen) atoms. The zero-order valence-electron chi connectivity index (χ0n) is 10.5. The van der Waals surface area contributed by atoms with Gasteiger partial charge in [-0.15, -0.1) is 0 Å². The number of nitrogens with zero attached hydrogens (tertiary/aromatic N) is 1. The van der Waals surface area contributed by atoms with Gasteiger partial charge >= 0.3 is 5.69 Å². The van der Waals surface area contributed by atoms with Gasteiger partial charge in [-0.25, -0.2) is 8.78 Å². The Labute approximate surface area is 117 Å². The molecule has 0 N–H and O–H groups in total. The van der Waals surface area contributed by atoms with Crippen molar-refractivity contribution in [1.82, 2.24) is 0 Å². The quantitative estimate of drug-likeness (QED) is 0.493. The Morgan fingerprint density at radius 3 is 2.33 bits per heavy atom. The predicted octanol–water partition coefficient (Wildman–Crippen LogP) is 3.44. The van der Waals surface area contributed by atoms with Crippen LogP contribution in [0.3, 0.4) is 0 Å². The lowest BCUT2D eigenvalue weighted by atomic mass is 10.0. The van der Waals surface area contributed by atoms with Crippen molar-refractivity contribution in [3.63, 3.8) is 0 Å². The molecule has 0 heterocycles. The molecular formula is C14H8F3NO3. The molecule has 0 spiro atoms. The highest BCUT2D eigenvalue weighted by Crippen LogP contribution is 2.24. The smallest absolute Gasteiger partial charge is 0.294 e. The number of nitro benzene ring substituents is 1. The van der Waals surface area contributed by atoms with Gasteiger partial charge in [-0.1, -0.05) is 18.2 Å². The summed E-state index contributed by atoms with van der Waals surface area (Å²) in [6.45, 7) is 0. The molecule has 0 aliphatic rings. The lowest BCUT2D eigenvalue weighted by molar-refractivity contribution is -0.387. The molecule has 0 aliphatic carbocycles. The van der Waals surface area contributed by atoms with Crippen LogP contribution in [0.1, 0.15) is 15.9 Å². The van der Waals surface area contributed by atoms with E-state index < -0.39 is 45.8 Å². The van der Waals surface area contributed by atoms with Crippen molar-refractivity contribution in [2.75, 3.05) is 0 Å². The van der Waals surface area contributed by atoms with Crippen LogP contribution in [-0.2, 0) is 6.42 Å². The summed E-state index contributed by atoms with van der Waals surface area (Å²) >= 11 is 0. The first-order valence-electron chi connectivity index (χ1n) is 5.80. The minimum Gasteiger partial charge on any atom is -0.294 e. The number of carbonyl (C=O) groups is 1. The third-order valence-electron chi connectivity index (χ3n) is 2.86. The van der Waals surface area contributed by atoms with E-state index in [-0.39, 0.29) is 5.56 Å². The van der Waals surface area contributed by atoms with Gasteiger partial charge in [0, 0.05) is 12.5 Å². The fourth-order valence-electron chi connectivity index (χ4n) is 1.84. The Balaban J connectivity index is 2.42. The van der Waals surface area contributed by atoms with Crippen molar-refractivity contribution in [3.8, 4) is 0 Å². The minimum absolute atomic E-state index is 0.0483. The molecule has 0 unspecified atom stereocenters. The van der Waals surface area contributed by atoms with E-state index in [0.29, 0.717) is 12.1 Å². The van der Waals surface area contributed by atoms with Crippen molar-refractivity contribution >= 4 is 11.5 Å². The van der Waals surface area contributed by atoms with Crippen LogP contribution in [0.5, 0.6) is 0 Å². The first-order valence-corrected chi connectivity index (χ1v) is 5.80. The maximum absolute atomic E-state index is 13.8. The van der Waals surface area contributed by atoms with Crippen LogP contribution in [0.2, 0.25) is 0 Å². The SMILES string of the molecule is O=C(Cc1ccccc1F)c1c(F)ccc([N+](=O)[O-])c1F. The van der Waals surface area contributed by atoms with Crippen LogP contribution in [0.25, 0.3) is 0 Å². The van der Waals surface area contributed by atoms with E-state index in [1.54, 1.807) is 0 Å². The van der Waals surface area contributed by atoms with E-state index in [9.17, 15) is 28.1 Å². The first-order chi connectivity index (χ1) is 9.91. The van der Waals surface area contributed by atoms with Crippen LogP contribution in [-0.4, -0.2) is 10.7 Å². The van der Waals surface area contributed by atoms with Gasteiger partial charge in [-0.3, -0.25) is 14.9 Å². The minimum atomic E-state index is -1.55.